The van der Waals surface area contributed by atoms with E-state index in [0.29, 0.717) is 0 Å². The molecule has 3 rings (SSSR count). The molecule has 0 fully saturated rings. The molecule has 0 aliphatic carbocycles. The van der Waals surface area contributed by atoms with Crippen molar-refractivity contribution in [1.29, 1.82) is 0 Å². The Morgan fingerprint density at radius 2 is 1.06 bits per heavy atom. The average molecular weight is 538 g/mol. The summed E-state index contributed by atoms with van der Waals surface area (Å²) >= 11 is -4.07. The predicted octanol–water partition coefficient (Wildman–Crippen LogP) is 2.08. The summed E-state index contributed by atoms with van der Waals surface area (Å²) in [5, 5.41) is 0. The van der Waals surface area contributed by atoms with Crippen molar-refractivity contribution in [3.05, 3.63) is 91.0 Å². The predicted molar refractivity (Wildman–Crippen MR) is 129 cm³/mol. The molecular weight excluding hydrogens is 509 g/mol. The van der Waals surface area contributed by atoms with E-state index in [9.17, 15) is 9.59 Å². The number of likely N-dealkylation sites (N-methyl/N-ethyl adjacent to an activating group) is 1. The maximum absolute atomic E-state index is 13.0. The van der Waals surface area contributed by atoms with E-state index in [0.717, 1.165) is 10.7 Å². The summed E-state index contributed by atoms with van der Waals surface area (Å²) in [7, 11) is 3.27. The molecule has 0 aromatic heterocycles. The summed E-state index contributed by atoms with van der Waals surface area (Å²) < 4.78 is 15.6. The Balaban J connectivity index is 2.05. The first-order valence-electron chi connectivity index (χ1n) is 10.6. The summed E-state index contributed by atoms with van der Waals surface area (Å²) in [6.07, 6.45) is -1.72. The number of benzene rings is 3. The second kappa shape index (κ2) is 10.8. The van der Waals surface area contributed by atoms with Crippen LogP contribution >= 0.6 is 0 Å². The Morgan fingerprint density at radius 3 is 1.41 bits per heavy atom. The van der Waals surface area contributed by atoms with Crippen molar-refractivity contribution in [2.45, 2.75) is 26.1 Å². The van der Waals surface area contributed by atoms with E-state index in [1.54, 1.807) is 27.9 Å². The van der Waals surface area contributed by atoms with Crippen LogP contribution in [0.1, 0.15) is 13.8 Å². The Labute approximate surface area is 194 Å². The SMILES string of the molecule is CC([O][Sn]([c]1ccccc1)([c]1ccccc1)[c]1ccccc1)C(=O)OC(C)C(=O)N(C)C. The second-order valence-corrected chi connectivity index (χ2v) is 17.4. The van der Waals surface area contributed by atoms with Crippen LogP contribution < -0.4 is 10.7 Å². The van der Waals surface area contributed by atoms with Crippen LogP contribution in [0, 0.1) is 0 Å². The molecule has 0 bridgehead atoms. The molecule has 166 valence electrons. The van der Waals surface area contributed by atoms with Crippen molar-refractivity contribution in [1.82, 2.24) is 4.90 Å². The number of hydrogen-bond acceptors (Lipinski definition) is 4. The van der Waals surface area contributed by atoms with Crippen LogP contribution in [0.4, 0.5) is 0 Å². The van der Waals surface area contributed by atoms with E-state index >= 15 is 0 Å². The van der Waals surface area contributed by atoms with Gasteiger partial charge in [-0.15, -0.1) is 0 Å². The molecule has 0 N–H and O–H groups in total. The summed E-state index contributed by atoms with van der Waals surface area (Å²) in [6, 6.07) is 30.4. The third kappa shape index (κ3) is 5.22. The quantitative estimate of drug-likeness (QED) is 0.326. The molecule has 0 aliphatic rings. The number of carbonyl (C=O) groups excluding carboxylic acids is 2. The average Bonchev–Trinajstić information content (AvgIpc) is 2.83. The van der Waals surface area contributed by atoms with Crippen LogP contribution in [0.5, 0.6) is 0 Å². The van der Waals surface area contributed by atoms with Gasteiger partial charge in [0, 0.05) is 0 Å². The minimum atomic E-state index is -4.07. The van der Waals surface area contributed by atoms with Gasteiger partial charge in [-0.25, -0.2) is 0 Å². The van der Waals surface area contributed by atoms with Crippen LogP contribution in [-0.4, -0.2) is 61.9 Å². The van der Waals surface area contributed by atoms with E-state index in [2.05, 4.69) is 36.4 Å². The van der Waals surface area contributed by atoms with Gasteiger partial charge in [-0.05, 0) is 0 Å². The number of amides is 1. The fraction of sp³-hybridized carbons (Fsp3) is 0.231. The van der Waals surface area contributed by atoms with Gasteiger partial charge in [0.05, 0.1) is 0 Å². The van der Waals surface area contributed by atoms with Crippen molar-refractivity contribution < 1.29 is 17.4 Å². The van der Waals surface area contributed by atoms with Crippen molar-refractivity contribution in [3.63, 3.8) is 0 Å². The van der Waals surface area contributed by atoms with Crippen LogP contribution in [0.25, 0.3) is 0 Å². The zero-order valence-corrected chi connectivity index (χ0v) is 21.7. The molecule has 3 aromatic rings. The standard InChI is InChI=1S/C8H14NO4.3C6H5.Sn/c1-5(10)8(12)13-6(2)7(11)9(3)4;3*1-2-4-6-5-3-1;/h5-6H,1-4H3;3*1-5H;/q-1;;;;+1. The molecule has 0 radical (unpaired) electrons. The molecule has 2 atom stereocenters. The van der Waals surface area contributed by atoms with Gasteiger partial charge in [-0.3, -0.25) is 0 Å². The Kier molecular flexibility index (Phi) is 8.09. The number of carbonyl (C=O) groups is 2. The summed E-state index contributed by atoms with van der Waals surface area (Å²) in [5.41, 5.74) is 0. The Bertz CT molecular complexity index is 929. The third-order valence-electron chi connectivity index (χ3n) is 5.31. The van der Waals surface area contributed by atoms with Gasteiger partial charge in [-0.2, -0.15) is 0 Å². The van der Waals surface area contributed by atoms with Crippen LogP contribution in [0.3, 0.4) is 0 Å². The summed E-state index contributed by atoms with van der Waals surface area (Å²) in [6.45, 7) is 3.28. The number of rotatable bonds is 8. The molecule has 0 heterocycles. The number of esters is 1. The molecule has 0 saturated heterocycles. The topological polar surface area (TPSA) is 55.8 Å². The van der Waals surface area contributed by atoms with E-state index < -0.39 is 37.0 Å². The van der Waals surface area contributed by atoms with E-state index in [1.165, 1.54) is 4.90 Å². The molecule has 6 heteroatoms. The Morgan fingerprint density at radius 1 is 0.688 bits per heavy atom. The van der Waals surface area contributed by atoms with Crippen molar-refractivity contribution in [2.75, 3.05) is 14.1 Å². The molecule has 0 aliphatic heterocycles. The fourth-order valence-electron chi connectivity index (χ4n) is 3.72. The van der Waals surface area contributed by atoms with Gasteiger partial charge in [0.25, 0.3) is 0 Å². The first kappa shape index (κ1) is 24.0. The normalized spacial score (nSPS) is 13.1. The molecule has 1 amide bonds. The molecular formula is C26H29NO4Sn. The van der Waals surface area contributed by atoms with E-state index in [1.807, 2.05) is 54.6 Å². The number of ether oxygens (including phenoxy) is 1. The third-order valence-corrected chi connectivity index (χ3v) is 17.1. The minimum absolute atomic E-state index is 0.269. The summed E-state index contributed by atoms with van der Waals surface area (Å²) in [4.78, 5) is 26.5. The van der Waals surface area contributed by atoms with E-state index in [4.69, 9.17) is 7.81 Å². The van der Waals surface area contributed by atoms with Gasteiger partial charge in [-0.1, -0.05) is 0 Å². The van der Waals surface area contributed by atoms with Crippen molar-refractivity contribution in [3.8, 4) is 0 Å². The summed E-state index contributed by atoms with van der Waals surface area (Å²) in [5.74, 6) is -0.814. The van der Waals surface area contributed by atoms with Crippen LogP contribution in [-0.2, 0) is 17.4 Å². The molecule has 3 aromatic carbocycles. The zero-order valence-electron chi connectivity index (χ0n) is 18.9. The first-order chi connectivity index (χ1) is 15.4. The fourth-order valence-corrected chi connectivity index (χ4v) is 15.2. The van der Waals surface area contributed by atoms with Gasteiger partial charge in [0.15, 0.2) is 0 Å². The molecule has 5 nitrogen and oxygen atoms in total. The molecule has 2 unspecified atom stereocenters. The van der Waals surface area contributed by atoms with E-state index in [-0.39, 0.29) is 5.91 Å². The van der Waals surface area contributed by atoms with Crippen LogP contribution in [0.2, 0.25) is 0 Å². The van der Waals surface area contributed by atoms with Gasteiger partial charge >= 0.3 is 195 Å². The molecule has 32 heavy (non-hydrogen) atoms. The van der Waals surface area contributed by atoms with Gasteiger partial charge in [0.1, 0.15) is 0 Å². The number of hydrogen-bond donors (Lipinski definition) is 0. The zero-order chi connectivity index (χ0) is 23.1. The number of nitrogens with zero attached hydrogens (tertiary/aromatic N) is 1. The second-order valence-electron chi connectivity index (χ2n) is 7.85. The van der Waals surface area contributed by atoms with Crippen molar-refractivity contribution in [2.24, 2.45) is 0 Å². The van der Waals surface area contributed by atoms with Gasteiger partial charge in [0.2, 0.25) is 0 Å². The molecule has 0 spiro atoms. The molecule has 0 saturated carbocycles. The maximum atomic E-state index is 13.0. The van der Waals surface area contributed by atoms with Gasteiger partial charge < -0.3 is 0 Å². The van der Waals surface area contributed by atoms with Crippen LogP contribution in [0.15, 0.2) is 91.0 Å². The monoisotopic (exact) mass is 539 g/mol. The first-order valence-corrected chi connectivity index (χ1v) is 16.1. The van der Waals surface area contributed by atoms with Crippen molar-refractivity contribution >= 4 is 41.4 Å². The Hall–Kier alpha value is -2.64.